The Kier molecular flexibility index (Phi) is 4.69. The first-order valence-corrected chi connectivity index (χ1v) is 5.86. The molecule has 1 unspecified atom stereocenters. The highest BCUT2D eigenvalue weighted by Gasteiger charge is 2.15. The number of aryl methyl sites for hydroxylation is 2. The molecule has 0 saturated heterocycles. The van der Waals surface area contributed by atoms with E-state index in [4.69, 9.17) is 5.11 Å². The number of carboxylic acids is 1. The molecule has 0 aliphatic heterocycles. The largest absolute Gasteiger partial charge is 0.481 e. The fourth-order valence-corrected chi connectivity index (χ4v) is 1.91. The van der Waals surface area contributed by atoms with Gasteiger partial charge in [0.15, 0.2) is 0 Å². The summed E-state index contributed by atoms with van der Waals surface area (Å²) in [5.74, 6) is -1.10. The van der Waals surface area contributed by atoms with Crippen LogP contribution in [0.1, 0.15) is 25.1 Å². The Hall–Kier alpha value is -1.36. The predicted molar refractivity (Wildman–Crippen MR) is 65.7 cm³/mol. The minimum absolute atomic E-state index is 0.346. The van der Waals surface area contributed by atoms with Crippen LogP contribution in [0.25, 0.3) is 0 Å². The molecular formula is C12H21N3O2. The second kappa shape index (κ2) is 5.82. The summed E-state index contributed by atoms with van der Waals surface area (Å²) in [7, 11) is 3.84. The van der Waals surface area contributed by atoms with Gasteiger partial charge in [0.05, 0.1) is 11.6 Å². The molecule has 0 amide bonds. The van der Waals surface area contributed by atoms with Crippen molar-refractivity contribution in [3.8, 4) is 0 Å². The Morgan fingerprint density at radius 1 is 1.65 bits per heavy atom. The van der Waals surface area contributed by atoms with Crippen molar-refractivity contribution in [1.82, 2.24) is 14.7 Å². The van der Waals surface area contributed by atoms with Crippen molar-refractivity contribution in [2.75, 3.05) is 13.6 Å². The third-order valence-corrected chi connectivity index (χ3v) is 2.77. The summed E-state index contributed by atoms with van der Waals surface area (Å²) in [6, 6.07) is 0. The van der Waals surface area contributed by atoms with Gasteiger partial charge < -0.3 is 10.0 Å². The van der Waals surface area contributed by atoms with E-state index in [9.17, 15) is 4.79 Å². The standard InChI is InChI=1S/C12H21N3O2/c1-5-11-10(8-15(4)13-11)7-14(3)6-9(2)12(16)17/h8-9H,5-7H2,1-4H3,(H,16,17). The van der Waals surface area contributed by atoms with Gasteiger partial charge in [-0.2, -0.15) is 5.10 Å². The number of nitrogens with zero attached hydrogens (tertiary/aromatic N) is 3. The number of rotatable bonds is 6. The number of aliphatic carboxylic acids is 1. The molecule has 96 valence electrons. The third-order valence-electron chi connectivity index (χ3n) is 2.77. The molecule has 0 aromatic carbocycles. The molecule has 1 rings (SSSR count). The predicted octanol–water partition coefficient (Wildman–Crippen LogP) is 1.14. The first kappa shape index (κ1) is 13.7. The van der Waals surface area contributed by atoms with Crippen molar-refractivity contribution < 1.29 is 9.90 Å². The summed E-state index contributed by atoms with van der Waals surface area (Å²) in [5.41, 5.74) is 2.26. The number of carboxylic acid groups (broad SMARTS) is 1. The summed E-state index contributed by atoms with van der Waals surface area (Å²) in [5, 5.41) is 13.2. The van der Waals surface area contributed by atoms with Gasteiger partial charge in [0.2, 0.25) is 0 Å². The maximum Gasteiger partial charge on any atom is 0.307 e. The molecule has 1 heterocycles. The van der Waals surface area contributed by atoms with E-state index in [1.165, 1.54) is 5.56 Å². The highest BCUT2D eigenvalue weighted by atomic mass is 16.4. The van der Waals surface area contributed by atoms with Gasteiger partial charge in [-0.25, -0.2) is 0 Å². The molecule has 0 saturated carbocycles. The number of carbonyl (C=O) groups is 1. The van der Waals surface area contributed by atoms with Gasteiger partial charge in [0.25, 0.3) is 0 Å². The van der Waals surface area contributed by atoms with Crippen LogP contribution in [-0.2, 0) is 24.8 Å². The summed E-state index contributed by atoms with van der Waals surface area (Å²) in [6.45, 7) is 5.09. The maximum absolute atomic E-state index is 10.8. The van der Waals surface area contributed by atoms with Crippen LogP contribution >= 0.6 is 0 Å². The van der Waals surface area contributed by atoms with Gasteiger partial charge in [-0.05, 0) is 13.5 Å². The van der Waals surface area contributed by atoms with Crippen molar-refractivity contribution in [2.45, 2.75) is 26.8 Å². The lowest BCUT2D eigenvalue weighted by Gasteiger charge is -2.18. The lowest BCUT2D eigenvalue weighted by atomic mass is 10.1. The van der Waals surface area contributed by atoms with E-state index in [2.05, 4.69) is 12.0 Å². The Balaban J connectivity index is 2.61. The Morgan fingerprint density at radius 2 is 2.29 bits per heavy atom. The summed E-state index contributed by atoms with van der Waals surface area (Å²) < 4.78 is 1.81. The second-order valence-electron chi connectivity index (χ2n) is 4.56. The van der Waals surface area contributed by atoms with Gasteiger partial charge in [-0.15, -0.1) is 0 Å². The summed E-state index contributed by atoms with van der Waals surface area (Å²) in [6.07, 6.45) is 2.90. The molecule has 5 heteroatoms. The molecule has 0 bridgehead atoms. The minimum atomic E-state index is -0.751. The Labute approximate surface area is 102 Å². The molecule has 5 nitrogen and oxygen atoms in total. The van der Waals surface area contributed by atoms with Crippen LogP contribution in [0.2, 0.25) is 0 Å². The average Bonchev–Trinajstić information content (AvgIpc) is 2.58. The highest BCUT2D eigenvalue weighted by molar-refractivity contribution is 5.69. The van der Waals surface area contributed by atoms with Gasteiger partial charge in [0, 0.05) is 31.9 Å². The molecule has 0 aliphatic rings. The molecule has 0 fully saturated rings. The lowest BCUT2D eigenvalue weighted by Crippen LogP contribution is -2.28. The first-order valence-electron chi connectivity index (χ1n) is 5.86. The van der Waals surface area contributed by atoms with Crippen LogP contribution in [0.5, 0.6) is 0 Å². The normalized spacial score (nSPS) is 13.0. The Bertz CT molecular complexity index is 387. The van der Waals surface area contributed by atoms with E-state index in [1.807, 2.05) is 29.9 Å². The molecule has 1 N–H and O–H groups in total. The van der Waals surface area contributed by atoms with Crippen LogP contribution in [0, 0.1) is 5.92 Å². The molecule has 0 spiro atoms. The maximum atomic E-state index is 10.8. The smallest absolute Gasteiger partial charge is 0.307 e. The number of hydrogen-bond donors (Lipinski definition) is 1. The van der Waals surface area contributed by atoms with Crippen LogP contribution in [0.15, 0.2) is 6.20 Å². The topological polar surface area (TPSA) is 58.4 Å². The fourth-order valence-electron chi connectivity index (χ4n) is 1.91. The summed E-state index contributed by atoms with van der Waals surface area (Å²) >= 11 is 0. The van der Waals surface area contributed by atoms with E-state index in [0.29, 0.717) is 6.54 Å². The van der Waals surface area contributed by atoms with Crippen molar-refractivity contribution in [2.24, 2.45) is 13.0 Å². The minimum Gasteiger partial charge on any atom is -0.481 e. The fraction of sp³-hybridized carbons (Fsp3) is 0.667. The van der Waals surface area contributed by atoms with E-state index >= 15 is 0 Å². The average molecular weight is 239 g/mol. The molecule has 0 aliphatic carbocycles. The second-order valence-corrected chi connectivity index (χ2v) is 4.56. The van der Waals surface area contributed by atoms with E-state index < -0.39 is 5.97 Å². The van der Waals surface area contributed by atoms with Crippen molar-refractivity contribution in [1.29, 1.82) is 0 Å². The lowest BCUT2D eigenvalue weighted by molar-refractivity contribution is -0.141. The quantitative estimate of drug-likeness (QED) is 0.808. The van der Waals surface area contributed by atoms with Gasteiger partial charge in [-0.1, -0.05) is 13.8 Å². The molecule has 1 aromatic heterocycles. The monoisotopic (exact) mass is 239 g/mol. The van der Waals surface area contributed by atoms with Crippen LogP contribution in [-0.4, -0.2) is 39.3 Å². The molecule has 0 radical (unpaired) electrons. The number of aromatic nitrogens is 2. The van der Waals surface area contributed by atoms with Gasteiger partial charge in [-0.3, -0.25) is 9.48 Å². The first-order chi connectivity index (χ1) is 7.93. The SMILES string of the molecule is CCc1nn(C)cc1CN(C)CC(C)C(=O)O. The highest BCUT2D eigenvalue weighted by Crippen LogP contribution is 2.11. The zero-order chi connectivity index (χ0) is 13.0. The summed E-state index contributed by atoms with van der Waals surface area (Å²) in [4.78, 5) is 12.8. The van der Waals surface area contributed by atoms with Gasteiger partial charge in [0.1, 0.15) is 0 Å². The third kappa shape index (κ3) is 3.85. The van der Waals surface area contributed by atoms with Crippen molar-refractivity contribution in [3.63, 3.8) is 0 Å². The van der Waals surface area contributed by atoms with Crippen LogP contribution < -0.4 is 0 Å². The van der Waals surface area contributed by atoms with E-state index in [0.717, 1.165) is 18.7 Å². The molecule has 1 aromatic rings. The van der Waals surface area contributed by atoms with E-state index in [1.54, 1.807) is 6.92 Å². The molecule has 1 atom stereocenters. The van der Waals surface area contributed by atoms with E-state index in [-0.39, 0.29) is 5.92 Å². The van der Waals surface area contributed by atoms with Crippen molar-refractivity contribution >= 4 is 5.97 Å². The Morgan fingerprint density at radius 3 is 2.82 bits per heavy atom. The van der Waals surface area contributed by atoms with Gasteiger partial charge >= 0.3 is 5.97 Å². The van der Waals surface area contributed by atoms with Crippen molar-refractivity contribution in [3.05, 3.63) is 17.5 Å². The molecular weight excluding hydrogens is 218 g/mol. The van der Waals surface area contributed by atoms with Crippen LogP contribution in [0.4, 0.5) is 0 Å². The zero-order valence-electron chi connectivity index (χ0n) is 11.0. The van der Waals surface area contributed by atoms with Crippen LogP contribution in [0.3, 0.4) is 0 Å². The number of hydrogen-bond acceptors (Lipinski definition) is 3. The zero-order valence-corrected chi connectivity index (χ0v) is 11.0. The molecule has 17 heavy (non-hydrogen) atoms.